The molecule has 1 saturated heterocycles. The second-order valence-electron chi connectivity index (χ2n) is 6.09. The lowest BCUT2D eigenvalue weighted by molar-refractivity contribution is 0.422. The number of hydrogen-bond acceptors (Lipinski definition) is 7. The molecule has 1 aliphatic rings. The zero-order valence-corrected chi connectivity index (χ0v) is 15.0. The molecule has 25 heavy (non-hydrogen) atoms. The van der Waals surface area contributed by atoms with Crippen molar-refractivity contribution < 1.29 is 17.3 Å². The lowest BCUT2D eigenvalue weighted by Gasteiger charge is -2.18. The molecular weight excluding hydrogens is 344 g/mol. The van der Waals surface area contributed by atoms with Crippen LogP contribution in [0.4, 0.5) is 5.88 Å². The van der Waals surface area contributed by atoms with Crippen LogP contribution in [-0.2, 0) is 10.0 Å². The summed E-state index contributed by atoms with van der Waals surface area (Å²) in [6, 6.07) is 4.88. The van der Waals surface area contributed by atoms with Crippen LogP contribution in [0.3, 0.4) is 0 Å². The Hall–Kier alpha value is -2.31. The summed E-state index contributed by atoms with van der Waals surface area (Å²) >= 11 is 0. The SMILES string of the molecule is CN(C)S(=O)(=O)c1ccc(-c2nc(C#N)c(N3CCCCCC3)o2)o1. The third-order valence-electron chi connectivity index (χ3n) is 4.14. The Morgan fingerprint density at radius 1 is 1.16 bits per heavy atom. The predicted octanol–water partition coefficient (Wildman–Crippen LogP) is 2.44. The summed E-state index contributed by atoms with van der Waals surface area (Å²) in [5, 5.41) is 9.16. The number of nitriles is 1. The van der Waals surface area contributed by atoms with Crippen molar-refractivity contribution in [2.24, 2.45) is 0 Å². The van der Waals surface area contributed by atoms with Gasteiger partial charge in [-0.2, -0.15) is 10.2 Å². The molecular formula is C16H20N4O4S. The van der Waals surface area contributed by atoms with Crippen LogP contribution < -0.4 is 4.90 Å². The first kappa shape index (κ1) is 17.5. The zero-order valence-electron chi connectivity index (χ0n) is 14.2. The van der Waals surface area contributed by atoms with Crippen molar-refractivity contribution in [2.75, 3.05) is 32.1 Å². The number of sulfonamides is 1. The minimum Gasteiger partial charge on any atom is -0.438 e. The molecule has 0 spiro atoms. The number of aromatic nitrogens is 1. The molecule has 0 N–H and O–H groups in total. The molecule has 3 heterocycles. The Morgan fingerprint density at radius 3 is 2.44 bits per heavy atom. The first-order valence-corrected chi connectivity index (χ1v) is 9.56. The van der Waals surface area contributed by atoms with Crippen LogP contribution in [0.1, 0.15) is 31.4 Å². The Morgan fingerprint density at radius 2 is 1.84 bits per heavy atom. The number of nitrogens with zero attached hydrogens (tertiary/aromatic N) is 4. The van der Waals surface area contributed by atoms with Gasteiger partial charge in [-0.3, -0.25) is 0 Å². The van der Waals surface area contributed by atoms with Gasteiger partial charge in [0.2, 0.25) is 16.7 Å². The normalized spacial score (nSPS) is 16.0. The fourth-order valence-corrected chi connectivity index (χ4v) is 3.53. The van der Waals surface area contributed by atoms with E-state index in [1.807, 2.05) is 11.0 Å². The van der Waals surface area contributed by atoms with E-state index in [1.165, 1.54) is 26.2 Å². The van der Waals surface area contributed by atoms with Gasteiger partial charge in [0.25, 0.3) is 15.9 Å². The van der Waals surface area contributed by atoms with E-state index >= 15 is 0 Å². The number of furan rings is 1. The molecule has 0 bridgehead atoms. The maximum atomic E-state index is 12.1. The first-order valence-electron chi connectivity index (χ1n) is 8.12. The first-order chi connectivity index (χ1) is 11.9. The van der Waals surface area contributed by atoms with Gasteiger partial charge in [0, 0.05) is 27.2 Å². The zero-order chi connectivity index (χ0) is 18.0. The average molecular weight is 364 g/mol. The smallest absolute Gasteiger partial charge is 0.275 e. The van der Waals surface area contributed by atoms with Crippen LogP contribution in [0.25, 0.3) is 11.7 Å². The number of anilines is 1. The van der Waals surface area contributed by atoms with Crippen molar-refractivity contribution in [3.63, 3.8) is 0 Å². The van der Waals surface area contributed by atoms with Crippen LogP contribution in [0, 0.1) is 11.3 Å². The van der Waals surface area contributed by atoms with Gasteiger partial charge in [0.1, 0.15) is 6.07 Å². The topological polar surface area (TPSA) is 104 Å². The second-order valence-corrected chi connectivity index (χ2v) is 8.17. The second kappa shape index (κ2) is 6.90. The molecule has 1 aliphatic heterocycles. The van der Waals surface area contributed by atoms with Crippen molar-refractivity contribution in [1.82, 2.24) is 9.29 Å². The van der Waals surface area contributed by atoms with Gasteiger partial charge in [-0.15, -0.1) is 0 Å². The molecule has 0 saturated carbocycles. The maximum Gasteiger partial charge on any atom is 0.275 e. The highest BCUT2D eigenvalue weighted by molar-refractivity contribution is 7.88. The van der Waals surface area contributed by atoms with E-state index in [2.05, 4.69) is 4.98 Å². The average Bonchev–Trinajstić information content (AvgIpc) is 3.15. The van der Waals surface area contributed by atoms with Crippen LogP contribution in [0.15, 0.2) is 26.1 Å². The Bertz CT molecular complexity index is 884. The molecule has 0 unspecified atom stereocenters. The minimum atomic E-state index is -3.68. The fraction of sp³-hybridized carbons (Fsp3) is 0.500. The van der Waals surface area contributed by atoms with Crippen molar-refractivity contribution in [3.8, 4) is 17.7 Å². The molecule has 2 aromatic rings. The quantitative estimate of drug-likeness (QED) is 0.820. The van der Waals surface area contributed by atoms with E-state index in [4.69, 9.17) is 8.83 Å². The van der Waals surface area contributed by atoms with Crippen molar-refractivity contribution in [2.45, 2.75) is 30.8 Å². The molecule has 0 atom stereocenters. The maximum absolute atomic E-state index is 12.1. The summed E-state index contributed by atoms with van der Waals surface area (Å²) in [5.41, 5.74) is 0.185. The summed E-state index contributed by atoms with van der Waals surface area (Å²) in [5.74, 6) is 0.710. The summed E-state index contributed by atoms with van der Waals surface area (Å²) in [6.07, 6.45) is 4.38. The summed E-state index contributed by atoms with van der Waals surface area (Å²) in [7, 11) is -0.827. The Kier molecular flexibility index (Phi) is 4.83. The van der Waals surface area contributed by atoms with E-state index in [9.17, 15) is 13.7 Å². The molecule has 8 nitrogen and oxygen atoms in total. The monoisotopic (exact) mass is 364 g/mol. The van der Waals surface area contributed by atoms with Crippen molar-refractivity contribution >= 4 is 15.9 Å². The molecule has 3 rings (SSSR count). The fourth-order valence-electron chi connectivity index (χ4n) is 2.73. The number of rotatable bonds is 4. The molecule has 0 amide bonds. The molecule has 0 radical (unpaired) electrons. The van der Waals surface area contributed by atoms with Gasteiger partial charge in [-0.25, -0.2) is 12.7 Å². The Balaban J connectivity index is 1.94. The van der Waals surface area contributed by atoms with Gasteiger partial charge >= 0.3 is 0 Å². The van der Waals surface area contributed by atoms with Crippen LogP contribution in [-0.4, -0.2) is 44.9 Å². The van der Waals surface area contributed by atoms with Crippen LogP contribution >= 0.6 is 0 Å². The molecule has 0 aromatic carbocycles. The third kappa shape index (κ3) is 3.41. The largest absolute Gasteiger partial charge is 0.438 e. The van der Waals surface area contributed by atoms with Gasteiger partial charge in [0.05, 0.1) is 0 Å². The van der Waals surface area contributed by atoms with E-state index in [-0.39, 0.29) is 22.4 Å². The lowest BCUT2D eigenvalue weighted by Crippen LogP contribution is -2.24. The lowest BCUT2D eigenvalue weighted by atomic mass is 10.2. The van der Waals surface area contributed by atoms with Gasteiger partial charge in [-0.05, 0) is 25.0 Å². The minimum absolute atomic E-state index is 0.107. The van der Waals surface area contributed by atoms with E-state index in [0.29, 0.717) is 5.88 Å². The number of oxazole rings is 1. The summed E-state index contributed by atoms with van der Waals surface area (Å²) in [6.45, 7) is 1.61. The van der Waals surface area contributed by atoms with E-state index in [0.717, 1.165) is 43.1 Å². The predicted molar refractivity (Wildman–Crippen MR) is 90.5 cm³/mol. The summed E-state index contributed by atoms with van der Waals surface area (Å²) < 4.78 is 36.5. The highest BCUT2D eigenvalue weighted by Crippen LogP contribution is 2.31. The Labute approximate surface area is 146 Å². The molecule has 2 aromatic heterocycles. The summed E-state index contributed by atoms with van der Waals surface area (Å²) in [4.78, 5) is 6.19. The standard InChI is InChI=1S/C16H20N4O4S/c1-19(2)25(21,22)14-8-7-13(23-14)15-18-12(11-17)16(24-15)20-9-5-3-4-6-10-20/h7-8H,3-6,9-10H2,1-2H3. The van der Waals surface area contributed by atoms with Crippen LogP contribution in [0.5, 0.6) is 0 Å². The highest BCUT2D eigenvalue weighted by Gasteiger charge is 2.26. The van der Waals surface area contributed by atoms with Gasteiger partial charge in [0.15, 0.2) is 5.76 Å². The highest BCUT2D eigenvalue weighted by atomic mass is 32.2. The van der Waals surface area contributed by atoms with Gasteiger partial charge in [-0.1, -0.05) is 12.8 Å². The van der Waals surface area contributed by atoms with Crippen molar-refractivity contribution in [1.29, 1.82) is 5.26 Å². The third-order valence-corrected chi connectivity index (χ3v) is 5.82. The molecule has 1 fully saturated rings. The molecule has 0 aliphatic carbocycles. The molecule has 9 heteroatoms. The number of hydrogen-bond donors (Lipinski definition) is 0. The van der Waals surface area contributed by atoms with E-state index < -0.39 is 10.0 Å². The van der Waals surface area contributed by atoms with E-state index in [1.54, 1.807) is 0 Å². The van der Waals surface area contributed by atoms with Crippen LogP contribution in [0.2, 0.25) is 0 Å². The van der Waals surface area contributed by atoms with Crippen molar-refractivity contribution in [3.05, 3.63) is 17.8 Å². The molecule has 134 valence electrons. The van der Waals surface area contributed by atoms with Gasteiger partial charge < -0.3 is 13.7 Å².